The number of methoxy groups -OCH3 is 1. The molecule has 140 valence electrons. The van der Waals surface area contributed by atoms with Crippen LogP contribution in [0.25, 0.3) is 0 Å². The molecule has 0 saturated carbocycles. The maximum absolute atomic E-state index is 5.16. The molecule has 6 heteroatoms. The quantitative estimate of drug-likeness (QED) is 0.662. The molecule has 1 aliphatic rings. The summed E-state index contributed by atoms with van der Waals surface area (Å²) in [6.07, 6.45) is 6.98. The van der Waals surface area contributed by atoms with E-state index in [1.807, 2.05) is 19.6 Å². The van der Waals surface area contributed by atoms with E-state index in [2.05, 4.69) is 62.1 Å². The lowest BCUT2D eigenvalue weighted by Gasteiger charge is -2.39. The van der Waals surface area contributed by atoms with Gasteiger partial charge in [-0.25, -0.2) is 4.98 Å². The molecule has 26 heavy (non-hydrogen) atoms. The van der Waals surface area contributed by atoms with E-state index in [4.69, 9.17) is 4.74 Å². The van der Waals surface area contributed by atoms with E-state index in [1.54, 1.807) is 7.11 Å². The Balaban J connectivity index is 1.60. The van der Waals surface area contributed by atoms with Crippen molar-refractivity contribution in [3.05, 3.63) is 54.1 Å². The Morgan fingerprint density at radius 2 is 2.08 bits per heavy atom. The average Bonchev–Trinajstić information content (AvgIpc) is 3.19. The molecule has 0 bridgehead atoms. The van der Waals surface area contributed by atoms with Crippen molar-refractivity contribution in [2.45, 2.75) is 32.5 Å². The highest BCUT2D eigenvalue weighted by Gasteiger charge is 2.28. The fourth-order valence-electron chi connectivity index (χ4n) is 3.53. The average molecular weight is 355 g/mol. The van der Waals surface area contributed by atoms with Gasteiger partial charge in [0.05, 0.1) is 19.0 Å². The van der Waals surface area contributed by atoms with Crippen LogP contribution < -0.4 is 5.32 Å². The van der Waals surface area contributed by atoms with Gasteiger partial charge in [-0.3, -0.25) is 4.99 Å². The summed E-state index contributed by atoms with van der Waals surface area (Å²) < 4.78 is 7.39. The van der Waals surface area contributed by atoms with Crippen LogP contribution in [-0.2, 0) is 17.9 Å². The molecular formula is C20H29N5O. The highest BCUT2D eigenvalue weighted by molar-refractivity contribution is 5.80. The summed E-state index contributed by atoms with van der Waals surface area (Å²) in [4.78, 5) is 11.1. The fraction of sp³-hybridized carbons (Fsp3) is 0.500. The Morgan fingerprint density at radius 3 is 2.73 bits per heavy atom. The minimum Gasteiger partial charge on any atom is -0.380 e. The Kier molecular flexibility index (Phi) is 6.28. The van der Waals surface area contributed by atoms with E-state index < -0.39 is 0 Å². The summed E-state index contributed by atoms with van der Waals surface area (Å²) in [6.45, 7) is 5.71. The third-order valence-electron chi connectivity index (χ3n) is 5.12. The summed E-state index contributed by atoms with van der Waals surface area (Å²) in [5.41, 5.74) is 2.43. The first-order chi connectivity index (χ1) is 12.7. The number of aliphatic imine (C=N–C) groups is 1. The number of aromatic nitrogens is 2. The van der Waals surface area contributed by atoms with Crippen molar-refractivity contribution >= 4 is 5.96 Å². The second-order valence-electron chi connectivity index (χ2n) is 6.94. The van der Waals surface area contributed by atoms with Crippen LogP contribution in [0.5, 0.6) is 0 Å². The highest BCUT2D eigenvalue weighted by atomic mass is 16.5. The standard InChI is InChI=1S/C20H29N5O/c1-16-8-10-24(13-19(16)25-11-9-22-15-25)20(21-2)23-12-17-4-6-18(7-5-17)14-26-3/h4-7,9,11,15-16,19H,8,10,12-14H2,1-3H3,(H,21,23). The van der Waals surface area contributed by atoms with Gasteiger partial charge in [-0.05, 0) is 23.5 Å². The van der Waals surface area contributed by atoms with Gasteiger partial charge in [0.1, 0.15) is 0 Å². The van der Waals surface area contributed by atoms with Gasteiger partial charge < -0.3 is 19.5 Å². The van der Waals surface area contributed by atoms with Gasteiger partial charge >= 0.3 is 0 Å². The predicted octanol–water partition coefficient (Wildman–Crippen LogP) is 2.69. The molecule has 0 amide bonds. The first kappa shape index (κ1) is 18.5. The van der Waals surface area contributed by atoms with Crippen molar-refractivity contribution in [2.75, 3.05) is 27.2 Å². The molecule has 1 aliphatic heterocycles. The van der Waals surface area contributed by atoms with E-state index in [0.29, 0.717) is 18.6 Å². The normalized spacial score (nSPS) is 21.0. The van der Waals surface area contributed by atoms with E-state index in [0.717, 1.165) is 32.0 Å². The first-order valence-electron chi connectivity index (χ1n) is 9.21. The molecule has 1 fully saturated rings. The van der Waals surface area contributed by atoms with Crippen LogP contribution in [0.15, 0.2) is 48.0 Å². The lowest BCUT2D eigenvalue weighted by atomic mass is 9.93. The van der Waals surface area contributed by atoms with E-state index >= 15 is 0 Å². The topological polar surface area (TPSA) is 54.7 Å². The number of hydrogen-bond donors (Lipinski definition) is 1. The number of imidazole rings is 1. The van der Waals surface area contributed by atoms with Crippen LogP contribution in [0.1, 0.15) is 30.5 Å². The van der Waals surface area contributed by atoms with Gasteiger partial charge in [0.25, 0.3) is 0 Å². The number of likely N-dealkylation sites (tertiary alicyclic amines) is 1. The monoisotopic (exact) mass is 355 g/mol. The number of nitrogens with one attached hydrogen (secondary N) is 1. The smallest absolute Gasteiger partial charge is 0.193 e. The molecule has 2 atom stereocenters. The molecule has 1 saturated heterocycles. The SMILES string of the molecule is CN=C(NCc1ccc(COC)cc1)N1CCC(C)C(n2ccnc2)C1. The molecule has 6 nitrogen and oxygen atoms in total. The number of ether oxygens (including phenoxy) is 1. The third-order valence-corrected chi connectivity index (χ3v) is 5.12. The Labute approximate surface area is 155 Å². The summed E-state index contributed by atoms with van der Waals surface area (Å²) in [6, 6.07) is 8.93. The van der Waals surface area contributed by atoms with Gasteiger partial charge in [-0.1, -0.05) is 31.2 Å². The van der Waals surface area contributed by atoms with Gasteiger partial charge in [-0.15, -0.1) is 0 Å². The molecule has 1 N–H and O–H groups in total. The molecule has 2 unspecified atom stereocenters. The number of nitrogens with zero attached hydrogens (tertiary/aromatic N) is 4. The van der Waals surface area contributed by atoms with Crippen LogP contribution in [-0.4, -0.2) is 47.7 Å². The number of hydrogen-bond acceptors (Lipinski definition) is 3. The second-order valence-corrected chi connectivity index (χ2v) is 6.94. The van der Waals surface area contributed by atoms with Crippen LogP contribution >= 0.6 is 0 Å². The molecule has 0 spiro atoms. The molecule has 2 aromatic rings. The maximum atomic E-state index is 5.16. The molecule has 0 aliphatic carbocycles. The first-order valence-corrected chi connectivity index (χ1v) is 9.21. The van der Waals surface area contributed by atoms with Gasteiger partial charge in [0, 0.05) is 46.2 Å². The number of rotatable bonds is 5. The van der Waals surface area contributed by atoms with Crippen LogP contribution in [0, 0.1) is 5.92 Å². The van der Waals surface area contributed by atoms with Crippen LogP contribution in [0.3, 0.4) is 0 Å². The van der Waals surface area contributed by atoms with Gasteiger partial charge in [0.15, 0.2) is 5.96 Å². The predicted molar refractivity (Wildman–Crippen MR) is 104 cm³/mol. The molecular weight excluding hydrogens is 326 g/mol. The molecule has 0 radical (unpaired) electrons. The summed E-state index contributed by atoms with van der Waals surface area (Å²) >= 11 is 0. The van der Waals surface area contributed by atoms with Crippen molar-refractivity contribution < 1.29 is 4.74 Å². The largest absolute Gasteiger partial charge is 0.380 e. The molecule has 2 heterocycles. The third kappa shape index (κ3) is 4.43. The fourth-order valence-corrected chi connectivity index (χ4v) is 3.53. The molecule has 1 aromatic heterocycles. The summed E-state index contributed by atoms with van der Waals surface area (Å²) in [5.74, 6) is 1.59. The zero-order valence-electron chi connectivity index (χ0n) is 15.9. The van der Waals surface area contributed by atoms with Crippen LogP contribution in [0.4, 0.5) is 0 Å². The van der Waals surface area contributed by atoms with Gasteiger partial charge in [0.2, 0.25) is 0 Å². The van der Waals surface area contributed by atoms with E-state index in [-0.39, 0.29) is 0 Å². The molecule has 3 rings (SSSR count). The van der Waals surface area contributed by atoms with Crippen molar-refractivity contribution in [2.24, 2.45) is 10.9 Å². The zero-order valence-corrected chi connectivity index (χ0v) is 15.9. The van der Waals surface area contributed by atoms with Crippen molar-refractivity contribution in [3.63, 3.8) is 0 Å². The Bertz CT molecular complexity index is 696. The summed E-state index contributed by atoms with van der Waals surface area (Å²) in [7, 11) is 3.57. The minimum atomic E-state index is 0.429. The molecule has 1 aromatic carbocycles. The highest BCUT2D eigenvalue weighted by Crippen LogP contribution is 2.27. The lowest BCUT2D eigenvalue weighted by molar-refractivity contribution is 0.185. The van der Waals surface area contributed by atoms with Crippen molar-refractivity contribution in [1.82, 2.24) is 19.8 Å². The van der Waals surface area contributed by atoms with E-state index in [9.17, 15) is 0 Å². The Hall–Kier alpha value is -2.34. The van der Waals surface area contributed by atoms with Crippen molar-refractivity contribution in [1.29, 1.82) is 0 Å². The number of piperidine rings is 1. The van der Waals surface area contributed by atoms with E-state index in [1.165, 1.54) is 11.1 Å². The van der Waals surface area contributed by atoms with Crippen molar-refractivity contribution in [3.8, 4) is 0 Å². The lowest BCUT2D eigenvalue weighted by Crippen LogP contribution is -2.48. The summed E-state index contributed by atoms with van der Waals surface area (Å²) in [5, 5.41) is 3.51. The minimum absolute atomic E-state index is 0.429. The zero-order chi connectivity index (χ0) is 18.4. The Morgan fingerprint density at radius 1 is 1.31 bits per heavy atom. The maximum Gasteiger partial charge on any atom is 0.193 e. The number of guanidine groups is 1. The van der Waals surface area contributed by atoms with Gasteiger partial charge in [-0.2, -0.15) is 0 Å². The number of benzene rings is 1. The second kappa shape index (κ2) is 8.85. The van der Waals surface area contributed by atoms with Crippen LogP contribution in [0.2, 0.25) is 0 Å².